The number of anilines is 1. The Balaban J connectivity index is 1.95. The minimum absolute atomic E-state index is 0.0408. The summed E-state index contributed by atoms with van der Waals surface area (Å²) in [6.45, 7) is 5.59. The molecule has 1 aliphatic rings. The topological polar surface area (TPSA) is 32.3 Å². The van der Waals surface area contributed by atoms with Crippen molar-refractivity contribution in [2.24, 2.45) is 0 Å². The van der Waals surface area contributed by atoms with Gasteiger partial charge in [0.15, 0.2) is 0 Å². The van der Waals surface area contributed by atoms with Crippen molar-refractivity contribution in [3.8, 4) is 0 Å². The van der Waals surface area contributed by atoms with Gasteiger partial charge in [0.05, 0.1) is 6.54 Å². The van der Waals surface area contributed by atoms with Crippen molar-refractivity contribution >= 4 is 23.2 Å². The number of carbonyl (C=O) groups excluding carboxylic acids is 1. The van der Waals surface area contributed by atoms with Crippen LogP contribution in [0.2, 0.25) is 5.02 Å². The number of rotatable bonds is 3. The number of piperidine rings is 1. The van der Waals surface area contributed by atoms with Crippen LogP contribution in [0.25, 0.3) is 0 Å². The summed E-state index contributed by atoms with van der Waals surface area (Å²) in [7, 11) is 0. The molecule has 19 heavy (non-hydrogen) atoms. The number of likely N-dealkylation sites (tertiary alicyclic amines) is 1. The number of halogens is 1. The molecule has 1 aliphatic heterocycles. The Morgan fingerprint density at radius 3 is 3.00 bits per heavy atom. The van der Waals surface area contributed by atoms with Gasteiger partial charge in [-0.15, -0.1) is 0 Å². The maximum Gasteiger partial charge on any atom is 0.238 e. The fourth-order valence-corrected chi connectivity index (χ4v) is 2.68. The Hall–Kier alpha value is -1.06. The molecule has 0 bridgehead atoms. The van der Waals surface area contributed by atoms with Gasteiger partial charge in [0.2, 0.25) is 5.91 Å². The monoisotopic (exact) mass is 280 g/mol. The zero-order valence-corrected chi connectivity index (χ0v) is 12.3. The molecular formula is C15H21ClN2O. The van der Waals surface area contributed by atoms with Crippen LogP contribution in [0.3, 0.4) is 0 Å². The fourth-order valence-electron chi connectivity index (χ4n) is 2.51. The van der Waals surface area contributed by atoms with E-state index in [1.807, 2.05) is 25.1 Å². The van der Waals surface area contributed by atoms with Gasteiger partial charge < -0.3 is 5.32 Å². The van der Waals surface area contributed by atoms with Gasteiger partial charge in [-0.3, -0.25) is 9.69 Å². The normalized spacial score (nSPS) is 20.3. The number of nitrogens with one attached hydrogen (secondary N) is 1. The second kappa shape index (κ2) is 6.40. The zero-order chi connectivity index (χ0) is 13.8. The molecule has 1 N–H and O–H groups in total. The van der Waals surface area contributed by atoms with Gasteiger partial charge in [0, 0.05) is 16.8 Å². The molecule has 104 valence electrons. The van der Waals surface area contributed by atoms with Gasteiger partial charge in [-0.2, -0.15) is 0 Å². The van der Waals surface area contributed by atoms with E-state index in [1.54, 1.807) is 0 Å². The molecule has 0 radical (unpaired) electrons. The predicted octanol–water partition coefficient (Wildman–Crippen LogP) is 3.46. The maximum absolute atomic E-state index is 12.1. The standard InChI is InChI=1S/C15H21ClN2O/c1-11-6-3-4-9-18(11)10-15(19)17-14-8-5-7-13(16)12(14)2/h5,7-8,11H,3-4,6,9-10H2,1-2H3,(H,17,19). The van der Waals surface area contributed by atoms with Gasteiger partial charge in [-0.25, -0.2) is 0 Å². The number of hydrogen-bond acceptors (Lipinski definition) is 2. The molecule has 0 spiro atoms. The number of nitrogens with zero attached hydrogens (tertiary/aromatic N) is 1. The highest BCUT2D eigenvalue weighted by Gasteiger charge is 2.20. The Morgan fingerprint density at radius 1 is 1.47 bits per heavy atom. The summed E-state index contributed by atoms with van der Waals surface area (Å²) < 4.78 is 0. The first-order valence-corrected chi connectivity index (χ1v) is 7.24. The summed E-state index contributed by atoms with van der Waals surface area (Å²) in [6.07, 6.45) is 3.64. The van der Waals surface area contributed by atoms with E-state index in [-0.39, 0.29) is 5.91 Å². The van der Waals surface area contributed by atoms with Crippen LogP contribution in [0.4, 0.5) is 5.69 Å². The van der Waals surface area contributed by atoms with Crippen LogP contribution in [0.5, 0.6) is 0 Å². The second-order valence-electron chi connectivity index (χ2n) is 5.28. The molecule has 1 fully saturated rings. The molecule has 4 heteroatoms. The highest BCUT2D eigenvalue weighted by atomic mass is 35.5. The van der Waals surface area contributed by atoms with Crippen LogP contribution in [0.15, 0.2) is 18.2 Å². The van der Waals surface area contributed by atoms with Gasteiger partial charge >= 0.3 is 0 Å². The molecule has 0 saturated carbocycles. The third kappa shape index (κ3) is 3.71. The molecular weight excluding hydrogens is 260 g/mol. The molecule has 1 saturated heterocycles. The lowest BCUT2D eigenvalue weighted by Crippen LogP contribution is -2.42. The van der Waals surface area contributed by atoms with Crippen molar-refractivity contribution in [2.45, 2.75) is 39.2 Å². The molecule has 1 aromatic rings. The van der Waals surface area contributed by atoms with Gasteiger partial charge in [-0.05, 0) is 50.9 Å². The minimum Gasteiger partial charge on any atom is -0.325 e. The molecule has 1 atom stereocenters. The number of hydrogen-bond donors (Lipinski definition) is 1. The van der Waals surface area contributed by atoms with Crippen molar-refractivity contribution in [1.29, 1.82) is 0 Å². The average Bonchev–Trinajstić information content (AvgIpc) is 2.38. The smallest absolute Gasteiger partial charge is 0.238 e. The van der Waals surface area contributed by atoms with E-state index < -0.39 is 0 Å². The van der Waals surface area contributed by atoms with Crippen molar-refractivity contribution in [3.05, 3.63) is 28.8 Å². The van der Waals surface area contributed by atoms with Gasteiger partial charge in [0.1, 0.15) is 0 Å². The highest BCUT2D eigenvalue weighted by molar-refractivity contribution is 6.31. The molecule has 1 aromatic carbocycles. The number of amides is 1. The first-order chi connectivity index (χ1) is 9.08. The molecule has 1 unspecified atom stereocenters. The Bertz CT molecular complexity index is 461. The summed E-state index contributed by atoms with van der Waals surface area (Å²) in [4.78, 5) is 14.3. The van der Waals surface area contributed by atoms with Crippen LogP contribution in [0.1, 0.15) is 31.7 Å². The van der Waals surface area contributed by atoms with Gasteiger partial charge in [-0.1, -0.05) is 24.1 Å². The van der Waals surface area contributed by atoms with Crippen LogP contribution < -0.4 is 5.32 Å². The first-order valence-electron chi connectivity index (χ1n) is 6.87. The Labute approximate surface area is 119 Å². The van der Waals surface area contributed by atoms with E-state index >= 15 is 0 Å². The van der Waals surface area contributed by atoms with Crippen molar-refractivity contribution in [1.82, 2.24) is 4.90 Å². The molecule has 0 aromatic heterocycles. The van der Waals surface area contributed by atoms with Crippen molar-refractivity contribution in [2.75, 3.05) is 18.4 Å². The zero-order valence-electron chi connectivity index (χ0n) is 11.6. The summed E-state index contributed by atoms with van der Waals surface area (Å²) in [5.74, 6) is 0.0408. The van der Waals surface area contributed by atoms with E-state index in [2.05, 4.69) is 17.1 Å². The largest absolute Gasteiger partial charge is 0.325 e. The molecule has 1 heterocycles. The Kier molecular flexibility index (Phi) is 4.83. The number of carbonyl (C=O) groups is 1. The van der Waals surface area contributed by atoms with Crippen molar-refractivity contribution < 1.29 is 4.79 Å². The van der Waals surface area contributed by atoms with E-state index in [0.717, 1.165) is 17.8 Å². The molecule has 3 nitrogen and oxygen atoms in total. The van der Waals surface area contributed by atoms with Crippen LogP contribution in [-0.2, 0) is 4.79 Å². The summed E-state index contributed by atoms with van der Waals surface area (Å²) in [5, 5.41) is 3.64. The third-order valence-corrected chi connectivity index (χ3v) is 4.24. The summed E-state index contributed by atoms with van der Waals surface area (Å²) in [5.41, 5.74) is 1.73. The molecule has 0 aliphatic carbocycles. The summed E-state index contributed by atoms with van der Waals surface area (Å²) in [6, 6.07) is 6.08. The van der Waals surface area contributed by atoms with E-state index in [9.17, 15) is 4.79 Å². The van der Waals surface area contributed by atoms with Crippen LogP contribution in [-0.4, -0.2) is 29.9 Å². The second-order valence-corrected chi connectivity index (χ2v) is 5.68. The summed E-state index contributed by atoms with van der Waals surface area (Å²) >= 11 is 6.05. The lowest BCUT2D eigenvalue weighted by molar-refractivity contribution is -0.118. The molecule has 2 rings (SSSR count). The van der Waals surface area contributed by atoms with Crippen LogP contribution >= 0.6 is 11.6 Å². The number of benzene rings is 1. The molecule has 1 amide bonds. The van der Waals surface area contributed by atoms with E-state index in [4.69, 9.17) is 11.6 Å². The van der Waals surface area contributed by atoms with Crippen LogP contribution in [0, 0.1) is 6.92 Å². The fraction of sp³-hybridized carbons (Fsp3) is 0.533. The van der Waals surface area contributed by atoms with E-state index in [0.29, 0.717) is 17.6 Å². The predicted molar refractivity (Wildman–Crippen MR) is 79.7 cm³/mol. The highest BCUT2D eigenvalue weighted by Crippen LogP contribution is 2.23. The third-order valence-electron chi connectivity index (χ3n) is 3.83. The average molecular weight is 281 g/mol. The lowest BCUT2D eigenvalue weighted by atomic mass is 10.0. The lowest BCUT2D eigenvalue weighted by Gasteiger charge is -2.32. The van der Waals surface area contributed by atoms with Crippen molar-refractivity contribution in [3.63, 3.8) is 0 Å². The maximum atomic E-state index is 12.1. The quantitative estimate of drug-likeness (QED) is 0.920. The minimum atomic E-state index is 0.0408. The van der Waals surface area contributed by atoms with Gasteiger partial charge in [0.25, 0.3) is 0 Å². The first kappa shape index (κ1) is 14.4. The SMILES string of the molecule is Cc1c(Cl)cccc1NC(=O)CN1CCCCC1C. The Morgan fingerprint density at radius 2 is 2.26 bits per heavy atom. The van der Waals surface area contributed by atoms with E-state index in [1.165, 1.54) is 19.3 Å².